The fourth-order valence-electron chi connectivity index (χ4n) is 2.40. The van der Waals surface area contributed by atoms with Gasteiger partial charge in [-0.15, -0.1) is 0 Å². The third kappa shape index (κ3) is 1.58. The number of aryl methyl sites for hydroxylation is 1. The van der Waals surface area contributed by atoms with Crippen molar-refractivity contribution in [2.45, 2.75) is 26.7 Å². The molecule has 2 aromatic rings. The summed E-state index contributed by atoms with van der Waals surface area (Å²) in [6.45, 7) is 3.97. The summed E-state index contributed by atoms with van der Waals surface area (Å²) in [6, 6.07) is 9.73. The Balaban J connectivity index is 2.16. The molecule has 0 unspecified atom stereocenters. The third-order valence-corrected chi connectivity index (χ3v) is 3.63. The van der Waals surface area contributed by atoms with Crippen LogP contribution in [-0.2, 0) is 6.42 Å². The largest absolute Gasteiger partial charge is 0.360 e. The van der Waals surface area contributed by atoms with Crippen LogP contribution in [0.25, 0.3) is 11.3 Å². The number of hydrogen-bond acceptors (Lipinski definition) is 3. The first kappa shape index (κ1) is 11.2. The van der Waals surface area contributed by atoms with E-state index in [0.717, 1.165) is 24.2 Å². The van der Waals surface area contributed by atoms with Crippen LogP contribution in [0.1, 0.15) is 36.4 Å². The van der Waals surface area contributed by atoms with Gasteiger partial charge in [-0.25, -0.2) is 0 Å². The van der Waals surface area contributed by atoms with Crippen molar-refractivity contribution in [3.63, 3.8) is 0 Å². The second kappa shape index (κ2) is 3.80. The molecule has 0 N–H and O–H groups in total. The molecule has 0 aliphatic heterocycles. The number of aromatic nitrogens is 1. The smallest absolute Gasteiger partial charge is 0.174 e. The van der Waals surface area contributed by atoms with Gasteiger partial charge >= 0.3 is 0 Å². The Hall–Kier alpha value is -1.90. The lowest BCUT2D eigenvalue weighted by atomic mass is 9.74. The number of ketones is 1. The summed E-state index contributed by atoms with van der Waals surface area (Å²) in [5, 5.41) is 4.09. The van der Waals surface area contributed by atoms with Crippen LogP contribution in [0.2, 0.25) is 0 Å². The number of Topliss-reactive ketones (excluding diaryl/α,β-unsaturated/α-hetero) is 1. The van der Waals surface area contributed by atoms with Gasteiger partial charge in [0.15, 0.2) is 5.78 Å². The van der Waals surface area contributed by atoms with Crippen LogP contribution in [0.5, 0.6) is 0 Å². The Bertz CT molecular complexity index is 596. The Morgan fingerprint density at radius 3 is 2.67 bits per heavy atom. The topological polar surface area (TPSA) is 43.1 Å². The molecular formula is C15H15NO2. The van der Waals surface area contributed by atoms with Gasteiger partial charge in [-0.05, 0) is 6.42 Å². The monoisotopic (exact) mass is 241 g/mol. The number of nitrogens with zero attached hydrogens (tertiary/aromatic N) is 1. The van der Waals surface area contributed by atoms with Crippen LogP contribution in [-0.4, -0.2) is 10.9 Å². The van der Waals surface area contributed by atoms with Gasteiger partial charge < -0.3 is 4.52 Å². The van der Waals surface area contributed by atoms with Gasteiger partial charge in [0.05, 0.1) is 5.56 Å². The van der Waals surface area contributed by atoms with E-state index in [2.05, 4.69) is 5.16 Å². The lowest BCUT2D eigenvalue weighted by molar-refractivity contribution is 0.0804. The number of fused-ring (bicyclic) bond motifs is 1. The molecule has 0 spiro atoms. The molecule has 0 bridgehead atoms. The van der Waals surface area contributed by atoms with Gasteiger partial charge in [0.2, 0.25) is 0 Å². The molecule has 1 aliphatic rings. The van der Waals surface area contributed by atoms with E-state index in [0.29, 0.717) is 11.3 Å². The van der Waals surface area contributed by atoms with Crippen molar-refractivity contribution in [3.05, 3.63) is 41.7 Å². The minimum Gasteiger partial charge on any atom is -0.360 e. The Morgan fingerprint density at radius 2 is 1.94 bits per heavy atom. The van der Waals surface area contributed by atoms with E-state index < -0.39 is 0 Å². The average Bonchev–Trinajstić information content (AvgIpc) is 2.80. The molecule has 0 saturated carbocycles. The summed E-state index contributed by atoms with van der Waals surface area (Å²) < 4.78 is 5.33. The molecule has 1 aromatic heterocycles. The van der Waals surface area contributed by atoms with Crippen LogP contribution >= 0.6 is 0 Å². The maximum atomic E-state index is 12.5. The van der Waals surface area contributed by atoms with E-state index in [4.69, 9.17) is 4.52 Å². The lowest BCUT2D eigenvalue weighted by Crippen LogP contribution is -2.29. The van der Waals surface area contributed by atoms with Crippen molar-refractivity contribution in [2.75, 3.05) is 0 Å². The molecule has 3 heteroatoms. The molecule has 0 fully saturated rings. The molecule has 1 aromatic carbocycles. The summed E-state index contributed by atoms with van der Waals surface area (Å²) in [7, 11) is 0. The Kier molecular flexibility index (Phi) is 2.37. The van der Waals surface area contributed by atoms with Crippen LogP contribution in [0.15, 0.2) is 34.9 Å². The molecule has 1 aliphatic carbocycles. The van der Waals surface area contributed by atoms with Gasteiger partial charge in [0.25, 0.3) is 0 Å². The zero-order valence-electron chi connectivity index (χ0n) is 10.6. The van der Waals surface area contributed by atoms with Crippen molar-refractivity contribution in [3.8, 4) is 11.3 Å². The minimum atomic E-state index is -0.317. The molecular weight excluding hydrogens is 226 g/mol. The standard InChI is InChI=1S/C15H15NO2/c1-15(2)9-8-11-12(14(15)17)13(16-18-11)10-6-4-3-5-7-10/h3-7H,8-9H2,1-2H3. The predicted octanol–water partition coefficient (Wildman–Crippen LogP) is 3.50. The molecule has 0 radical (unpaired) electrons. The number of rotatable bonds is 1. The van der Waals surface area contributed by atoms with Crippen LogP contribution < -0.4 is 0 Å². The quantitative estimate of drug-likeness (QED) is 0.767. The van der Waals surface area contributed by atoms with Crippen molar-refractivity contribution >= 4 is 5.78 Å². The summed E-state index contributed by atoms with van der Waals surface area (Å²) in [5.41, 5.74) is 1.98. The molecule has 0 saturated heterocycles. The fourth-order valence-corrected chi connectivity index (χ4v) is 2.40. The fraction of sp³-hybridized carbons (Fsp3) is 0.333. The summed E-state index contributed by atoms with van der Waals surface area (Å²) in [4.78, 5) is 12.5. The van der Waals surface area contributed by atoms with Crippen molar-refractivity contribution in [1.82, 2.24) is 5.16 Å². The number of benzene rings is 1. The van der Waals surface area contributed by atoms with Gasteiger partial charge in [0, 0.05) is 17.4 Å². The average molecular weight is 241 g/mol. The van der Waals surface area contributed by atoms with E-state index in [1.54, 1.807) is 0 Å². The van der Waals surface area contributed by atoms with Crippen molar-refractivity contribution < 1.29 is 9.32 Å². The van der Waals surface area contributed by atoms with E-state index in [1.807, 2.05) is 44.2 Å². The van der Waals surface area contributed by atoms with E-state index in [9.17, 15) is 4.79 Å². The predicted molar refractivity (Wildman–Crippen MR) is 68.4 cm³/mol. The number of carbonyl (C=O) groups is 1. The van der Waals surface area contributed by atoms with Gasteiger partial charge in [-0.2, -0.15) is 0 Å². The molecule has 3 rings (SSSR count). The highest BCUT2D eigenvalue weighted by Crippen LogP contribution is 2.39. The zero-order valence-corrected chi connectivity index (χ0v) is 10.6. The molecule has 0 amide bonds. The Morgan fingerprint density at radius 1 is 1.22 bits per heavy atom. The first-order valence-corrected chi connectivity index (χ1v) is 6.18. The highest BCUT2D eigenvalue weighted by atomic mass is 16.5. The van der Waals surface area contributed by atoms with Crippen LogP contribution in [0.3, 0.4) is 0 Å². The van der Waals surface area contributed by atoms with Crippen LogP contribution in [0.4, 0.5) is 0 Å². The molecule has 92 valence electrons. The maximum absolute atomic E-state index is 12.5. The van der Waals surface area contributed by atoms with Crippen molar-refractivity contribution in [1.29, 1.82) is 0 Å². The molecule has 0 atom stereocenters. The summed E-state index contributed by atoms with van der Waals surface area (Å²) in [5.74, 6) is 0.877. The summed E-state index contributed by atoms with van der Waals surface area (Å²) in [6.07, 6.45) is 1.61. The lowest BCUT2D eigenvalue weighted by Gasteiger charge is -2.26. The molecule has 18 heavy (non-hydrogen) atoms. The normalized spacial score (nSPS) is 17.6. The maximum Gasteiger partial charge on any atom is 0.174 e. The third-order valence-electron chi connectivity index (χ3n) is 3.63. The molecule has 3 nitrogen and oxygen atoms in total. The summed E-state index contributed by atoms with van der Waals surface area (Å²) >= 11 is 0. The van der Waals surface area contributed by atoms with E-state index in [1.165, 1.54) is 0 Å². The highest BCUT2D eigenvalue weighted by molar-refractivity contribution is 6.06. The molecule has 1 heterocycles. The van der Waals surface area contributed by atoms with Crippen molar-refractivity contribution in [2.24, 2.45) is 5.41 Å². The minimum absolute atomic E-state index is 0.142. The number of carbonyl (C=O) groups excluding carboxylic acids is 1. The Labute approximate surface area is 106 Å². The van der Waals surface area contributed by atoms with Gasteiger partial charge in [0.1, 0.15) is 11.5 Å². The van der Waals surface area contributed by atoms with Gasteiger partial charge in [-0.3, -0.25) is 4.79 Å². The zero-order chi connectivity index (χ0) is 12.8. The van der Waals surface area contributed by atoms with E-state index in [-0.39, 0.29) is 11.2 Å². The second-order valence-electron chi connectivity index (χ2n) is 5.41. The SMILES string of the molecule is CC1(C)CCc2onc(-c3ccccc3)c2C1=O. The highest BCUT2D eigenvalue weighted by Gasteiger charge is 2.39. The van der Waals surface area contributed by atoms with E-state index >= 15 is 0 Å². The number of hydrogen-bond donors (Lipinski definition) is 0. The van der Waals surface area contributed by atoms with Gasteiger partial charge in [-0.1, -0.05) is 49.3 Å². The first-order valence-electron chi connectivity index (χ1n) is 6.18. The van der Waals surface area contributed by atoms with Crippen LogP contribution in [0, 0.1) is 5.41 Å². The first-order chi connectivity index (χ1) is 8.59. The second-order valence-corrected chi connectivity index (χ2v) is 5.41.